The lowest BCUT2D eigenvalue weighted by Crippen LogP contribution is -2.11. The molecule has 0 amide bonds. The lowest BCUT2D eigenvalue weighted by Gasteiger charge is -2.22. The predicted octanol–water partition coefficient (Wildman–Crippen LogP) is 3.65. The number of benzene rings is 1. The summed E-state index contributed by atoms with van der Waals surface area (Å²) >= 11 is 9.34. The van der Waals surface area contributed by atoms with Gasteiger partial charge in [-0.15, -0.1) is 11.6 Å². The van der Waals surface area contributed by atoms with Crippen molar-refractivity contribution in [3.63, 3.8) is 0 Å². The first-order valence-electron chi connectivity index (χ1n) is 3.94. The van der Waals surface area contributed by atoms with Gasteiger partial charge in [0.2, 0.25) is 0 Å². The largest absolute Gasteiger partial charge is 0.493 e. The summed E-state index contributed by atoms with van der Waals surface area (Å²) in [5.74, 6) is 0.245. The highest BCUT2D eigenvalue weighted by Crippen LogP contribution is 2.41. The van der Waals surface area contributed by atoms with Crippen LogP contribution in [0, 0.1) is 5.82 Å². The normalized spacial score (nSPS) is 20.7. The van der Waals surface area contributed by atoms with Crippen molar-refractivity contribution < 1.29 is 9.13 Å². The van der Waals surface area contributed by atoms with Crippen LogP contribution >= 0.6 is 27.5 Å². The fourth-order valence-electron chi connectivity index (χ4n) is 1.40. The molecule has 4 heteroatoms. The van der Waals surface area contributed by atoms with E-state index in [1.54, 1.807) is 0 Å². The highest BCUT2D eigenvalue weighted by molar-refractivity contribution is 9.10. The van der Waals surface area contributed by atoms with Crippen molar-refractivity contribution in [2.24, 2.45) is 0 Å². The van der Waals surface area contributed by atoms with E-state index in [0.717, 1.165) is 12.0 Å². The molecule has 0 bridgehead atoms. The molecule has 1 aromatic carbocycles. The standard InChI is InChI=1S/C9H7BrClFO/c10-6-3-5(12)4-8-9(6)7(11)1-2-13-8/h3-4,7H,1-2H2. The van der Waals surface area contributed by atoms with E-state index in [1.165, 1.54) is 12.1 Å². The average Bonchev–Trinajstić information content (AvgIpc) is 2.02. The predicted molar refractivity (Wildman–Crippen MR) is 52.8 cm³/mol. The Morgan fingerprint density at radius 3 is 3.08 bits per heavy atom. The van der Waals surface area contributed by atoms with Crippen LogP contribution in [0.1, 0.15) is 17.4 Å². The van der Waals surface area contributed by atoms with Gasteiger partial charge in [-0.2, -0.15) is 0 Å². The second-order valence-electron chi connectivity index (χ2n) is 2.90. The first kappa shape index (κ1) is 9.28. The van der Waals surface area contributed by atoms with E-state index in [0.29, 0.717) is 16.8 Å². The van der Waals surface area contributed by atoms with Crippen molar-refractivity contribution in [3.8, 4) is 5.75 Å². The van der Waals surface area contributed by atoms with E-state index < -0.39 is 0 Å². The maximum Gasteiger partial charge on any atom is 0.128 e. The van der Waals surface area contributed by atoms with E-state index in [-0.39, 0.29) is 11.2 Å². The van der Waals surface area contributed by atoms with Crippen LogP contribution in [-0.4, -0.2) is 6.61 Å². The van der Waals surface area contributed by atoms with E-state index in [1.807, 2.05) is 0 Å². The fourth-order valence-corrected chi connectivity index (χ4v) is 2.54. The topological polar surface area (TPSA) is 9.23 Å². The van der Waals surface area contributed by atoms with E-state index in [4.69, 9.17) is 16.3 Å². The Hall–Kier alpha value is -0.280. The third kappa shape index (κ3) is 1.67. The average molecular weight is 266 g/mol. The monoisotopic (exact) mass is 264 g/mol. The van der Waals surface area contributed by atoms with Crippen LogP contribution in [0.3, 0.4) is 0 Å². The highest BCUT2D eigenvalue weighted by atomic mass is 79.9. The minimum absolute atomic E-state index is 0.0845. The Balaban J connectivity index is 2.56. The molecular weight excluding hydrogens is 258 g/mol. The summed E-state index contributed by atoms with van der Waals surface area (Å²) < 4.78 is 18.9. The number of hydrogen-bond acceptors (Lipinski definition) is 1. The lowest BCUT2D eigenvalue weighted by molar-refractivity contribution is 0.283. The molecule has 0 spiro atoms. The number of rotatable bonds is 0. The number of fused-ring (bicyclic) bond motifs is 1. The zero-order valence-electron chi connectivity index (χ0n) is 6.69. The molecule has 1 aromatic rings. The third-order valence-corrected chi connectivity index (χ3v) is 3.09. The van der Waals surface area contributed by atoms with Crippen molar-refractivity contribution in [2.45, 2.75) is 11.8 Å². The van der Waals surface area contributed by atoms with Gasteiger partial charge in [0.1, 0.15) is 11.6 Å². The van der Waals surface area contributed by atoms with Crippen molar-refractivity contribution in [1.82, 2.24) is 0 Å². The van der Waals surface area contributed by atoms with Crippen LogP contribution in [0.4, 0.5) is 4.39 Å². The van der Waals surface area contributed by atoms with E-state index in [2.05, 4.69) is 15.9 Å². The van der Waals surface area contributed by atoms with Crippen LogP contribution in [0.5, 0.6) is 5.75 Å². The molecule has 1 aliphatic heterocycles. The SMILES string of the molecule is Fc1cc(Br)c2c(c1)OCCC2Cl. The van der Waals surface area contributed by atoms with E-state index in [9.17, 15) is 4.39 Å². The molecule has 0 radical (unpaired) electrons. The van der Waals surface area contributed by atoms with Gasteiger partial charge in [-0.1, -0.05) is 15.9 Å². The maximum atomic E-state index is 12.9. The second-order valence-corrected chi connectivity index (χ2v) is 4.29. The van der Waals surface area contributed by atoms with Gasteiger partial charge < -0.3 is 4.74 Å². The van der Waals surface area contributed by atoms with Crippen molar-refractivity contribution in [1.29, 1.82) is 0 Å². The summed E-state index contributed by atoms with van der Waals surface area (Å²) in [7, 11) is 0. The number of ether oxygens (including phenoxy) is 1. The molecule has 0 N–H and O–H groups in total. The number of hydrogen-bond donors (Lipinski definition) is 0. The van der Waals surface area contributed by atoms with Crippen molar-refractivity contribution in [3.05, 3.63) is 28.0 Å². The van der Waals surface area contributed by atoms with Gasteiger partial charge in [-0.05, 0) is 6.07 Å². The van der Waals surface area contributed by atoms with Crippen LogP contribution < -0.4 is 4.74 Å². The smallest absolute Gasteiger partial charge is 0.128 e. The molecule has 1 heterocycles. The molecule has 70 valence electrons. The summed E-state index contributed by atoms with van der Waals surface area (Å²) in [5, 5.41) is -0.0845. The second kappa shape index (κ2) is 3.46. The highest BCUT2D eigenvalue weighted by Gasteiger charge is 2.22. The van der Waals surface area contributed by atoms with Gasteiger partial charge in [0, 0.05) is 22.5 Å². The minimum Gasteiger partial charge on any atom is -0.493 e. The Morgan fingerprint density at radius 1 is 1.54 bits per heavy atom. The zero-order chi connectivity index (χ0) is 9.42. The van der Waals surface area contributed by atoms with Gasteiger partial charge in [-0.25, -0.2) is 4.39 Å². The summed E-state index contributed by atoms with van der Waals surface area (Å²) in [6, 6.07) is 2.78. The minimum atomic E-state index is -0.309. The van der Waals surface area contributed by atoms with Crippen LogP contribution in [-0.2, 0) is 0 Å². The lowest BCUT2D eigenvalue weighted by atomic mass is 10.1. The number of alkyl halides is 1. The van der Waals surface area contributed by atoms with Crippen LogP contribution in [0.15, 0.2) is 16.6 Å². The van der Waals surface area contributed by atoms with Gasteiger partial charge in [0.25, 0.3) is 0 Å². The molecule has 1 atom stereocenters. The summed E-state index contributed by atoms with van der Waals surface area (Å²) in [5.41, 5.74) is 0.856. The van der Waals surface area contributed by atoms with Gasteiger partial charge in [0.05, 0.1) is 12.0 Å². The summed E-state index contributed by atoms with van der Waals surface area (Å²) in [6.07, 6.45) is 0.763. The first-order chi connectivity index (χ1) is 6.18. The van der Waals surface area contributed by atoms with Gasteiger partial charge >= 0.3 is 0 Å². The molecule has 0 fully saturated rings. The van der Waals surface area contributed by atoms with Crippen molar-refractivity contribution >= 4 is 27.5 Å². The molecule has 0 saturated heterocycles. The molecule has 1 aliphatic rings. The van der Waals surface area contributed by atoms with Crippen LogP contribution in [0.2, 0.25) is 0 Å². The fraction of sp³-hybridized carbons (Fsp3) is 0.333. The number of halogens is 3. The molecule has 2 rings (SSSR count). The first-order valence-corrected chi connectivity index (χ1v) is 5.17. The van der Waals surface area contributed by atoms with Gasteiger partial charge in [0.15, 0.2) is 0 Å². The summed E-state index contributed by atoms with van der Waals surface area (Å²) in [4.78, 5) is 0. The molecule has 13 heavy (non-hydrogen) atoms. The molecular formula is C9H7BrClFO. The van der Waals surface area contributed by atoms with E-state index >= 15 is 0 Å². The Bertz CT molecular complexity index is 343. The van der Waals surface area contributed by atoms with Crippen LogP contribution in [0.25, 0.3) is 0 Å². The Morgan fingerprint density at radius 2 is 2.31 bits per heavy atom. The third-order valence-electron chi connectivity index (χ3n) is 2.00. The molecule has 0 aromatic heterocycles. The maximum absolute atomic E-state index is 12.9. The Kier molecular flexibility index (Phi) is 2.47. The summed E-state index contributed by atoms with van der Waals surface area (Å²) in [6.45, 7) is 0.553. The van der Waals surface area contributed by atoms with Gasteiger partial charge in [-0.3, -0.25) is 0 Å². The van der Waals surface area contributed by atoms with Crippen molar-refractivity contribution in [2.75, 3.05) is 6.61 Å². The molecule has 1 unspecified atom stereocenters. The molecule has 1 nitrogen and oxygen atoms in total. The zero-order valence-corrected chi connectivity index (χ0v) is 9.03. The molecule has 0 aliphatic carbocycles. The quantitative estimate of drug-likeness (QED) is 0.651. The Labute approximate surface area is 89.0 Å². The molecule has 0 saturated carbocycles.